The summed E-state index contributed by atoms with van der Waals surface area (Å²) in [6.45, 7) is 1.87. The third-order valence-electron chi connectivity index (χ3n) is 2.11. The second-order valence-corrected chi connectivity index (χ2v) is 3.49. The van der Waals surface area contributed by atoms with Crippen LogP contribution in [0.1, 0.15) is 5.69 Å². The molecule has 2 heterocycles. The van der Waals surface area contributed by atoms with E-state index in [4.69, 9.17) is 5.73 Å². The van der Waals surface area contributed by atoms with Crippen LogP contribution in [0.15, 0.2) is 18.5 Å². The molecule has 0 bridgehead atoms. The first-order valence-corrected chi connectivity index (χ1v) is 5.10. The Kier molecular flexibility index (Phi) is 3.16. The maximum Gasteiger partial charge on any atom is 0.148 e. The van der Waals surface area contributed by atoms with Crippen molar-refractivity contribution in [2.75, 3.05) is 11.9 Å². The lowest BCUT2D eigenvalue weighted by atomic mass is 10.4. The van der Waals surface area contributed by atoms with Crippen LogP contribution in [-0.2, 0) is 20.1 Å². The summed E-state index contributed by atoms with van der Waals surface area (Å²) >= 11 is 0. The molecule has 0 aromatic carbocycles. The highest BCUT2D eigenvalue weighted by Crippen LogP contribution is 2.03. The van der Waals surface area contributed by atoms with E-state index in [1.54, 1.807) is 9.36 Å². The van der Waals surface area contributed by atoms with Gasteiger partial charge >= 0.3 is 0 Å². The smallest absolute Gasteiger partial charge is 0.148 e. The molecule has 0 saturated carbocycles. The van der Waals surface area contributed by atoms with Gasteiger partial charge in [0.25, 0.3) is 0 Å². The van der Waals surface area contributed by atoms with Gasteiger partial charge in [-0.25, -0.2) is 0 Å². The third-order valence-corrected chi connectivity index (χ3v) is 2.11. The van der Waals surface area contributed by atoms with Gasteiger partial charge in [-0.3, -0.25) is 9.36 Å². The van der Waals surface area contributed by atoms with Crippen LogP contribution in [0.25, 0.3) is 0 Å². The van der Waals surface area contributed by atoms with Crippen molar-refractivity contribution in [3.63, 3.8) is 0 Å². The summed E-state index contributed by atoms with van der Waals surface area (Å²) < 4.78 is 3.48. The van der Waals surface area contributed by atoms with Crippen molar-refractivity contribution >= 4 is 5.82 Å². The Bertz CT molecular complexity index is 444. The molecule has 0 saturated heterocycles. The van der Waals surface area contributed by atoms with Crippen LogP contribution >= 0.6 is 0 Å². The molecule has 2 aromatic rings. The van der Waals surface area contributed by atoms with Crippen molar-refractivity contribution < 1.29 is 0 Å². The Labute approximate surface area is 93.2 Å². The van der Waals surface area contributed by atoms with Gasteiger partial charge in [0.15, 0.2) is 0 Å². The lowest BCUT2D eigenvalue weighted by molar-refractivity contribution is 0.598. The average Bonchev–Trinajstić information content (AvgIpc) is 2.85. The van der Waals surface area contributed by atoms with E-state index >= 15 is 0 Å². The molecule has 7 heteroatoms. The summed E-state index contributed by atoms with van der Waals surface area (Å²) in [6.07, 6.45) is 3.76. The summed E-state index contributed by atoms with van der Waals surface area (Å²) in [5.41, 5.74) is 6.29. The zero-order valence-electron chi connectivity index (χ0n) is 9.17. The van der Waals surface area contributed by atoms with Gasteiger partial charge in [-0.15, -0.1) is 5.10 Å². The minimum atomic E-state index is 0.566. The van der Waals surface area contributed by atoms with E-state index in [-0.39, 0.29) is 0 Å². The number of hydrogen-bond donors (Lipinski definition) is 2. The largest absolute Gasteiger partial charge is 0.363 e. The van der Waals surface area contributed by atoms with E-state index in [2.05, 4.69) is 20.7 Å². The van der Waals surface area contributed by atoms with Gasteiger partial charge < -0.3 is 11.1 Å². The highest BCUT2D eigenvalue weighted by molar-refractivity contribution is 5.32. The van der Waals surface area contributed by atoms with Crippen LogP contribution in [0.5, 0.6) is 0 Å². The molecule has 0 amide bonds. The number of anilines is 1. The fourth-order valence-corrected chi connectivity index (χ4v) is 1.35. The molecule has 86 valence electrons. The molecule has 7 nitrogen and oxygen atoms in total. The molecule has 16 heavy (non-hydrogen) atoms. The fraction of sp³-hybridized carbons (Fsp3) is 0.444. The number of nitrogens with one attached hydrogen (secondary N) is 1. The Morgan fingerprint density at radius 2 is 2.38 bits per heavy atom. The highest BCUT2D eigenvalue weighted by Gasteiger charge is 2.01. The summed E-state index contributed by atoms with van der Waals surface area (Å²) in [4.78, 5) is 0. The monoisotopic (exact) mass is 221 g/mol. The van der Waals surface area contributed by atoms with Crippen LogP contribution in [0.3, 0.4) is 0 Å². The first kappa shape index (κ1) is 10.6. The standard InChI is InChI=1S/C9H15N7/c1-15-4-2-9(13-15)11-6-8-7-16(5-3-10)14-12-8/h2,4,7H,3,5-6,10H2,1H3,(H,11,13). The van der Waals surface area contributed by atoms with Gasteiger partial charge in [0.1, 0.15) is 11.5 Å². The molecule has 0 atom stereocenters. The topological polar surface area (TPSA) is 86.6 Å². The molecular weight excluding hydrogens is 206 g/mol. The van der Waals surface area contributed by atoms with Crippen molar-refractivity contribution in [3.05, 3.63) is 24.2 Å². The van der Waals surface area contributed by atoms with Crippen molar-refractivity contribution in [3.8, 4) is 0 Å². The molecule has 3 N–H and O–H groups in total. The third kappa shape index (κ3) is 2.57. The van der Waals surface area contributed by atoms with Crippen molar-refractivity contribution in [1.29, 1.82) is 0 Å². The Balaban J connectivity index is 1.89. The van der Waals surface area contributed by atoms with Crippen molar-refractivity contribution in [2.45, 2.75) is 13.1 Å². The Morgan fingerprint density at radius 3 is 3.06 bits per heavy atom. The molecule has 2 aromatic heterocycles. The van der Waals surface area contributed by atoms with Crippen molar-refractivity contribution in [2.24, 2.45) is 12.8 Å². The lowest BCUT2D eigenvalue weighted by Crippen LogP contribution is -2.10. The highest BCUT2D eigenvalue weighted by atomic mass is 15.4. The van der Waals surface area contributed by atoms with E-state index in [1.165, 1.54) is 0 Å². The van der Waals surface area contributed by atoms with E-state index < -0.39 is 0 Å². The number of aryl methyl sites for hydroxylation is 1. The average molecular weight is 221 g/mol. The summed E-state index contributed by atoms with van der Waals surface area (Å²) in [6, 6.07) is 1.91. The maximum absolute atomic E-state index is 5.42. The van der Waals surface area contributed by atoms with Gasteiger partial charge in [-0.2, -0.15) is 5.10 Å². The normalized spacial score (nSPS) is 10.6. The zero-order valence-corrected chi connectivity index (χ0v) is 9.17. The van der Waals surface area contributed by atoms with Gasteiger partial charge in [-0.05, 0) is 0 Å². The Morgan fingerprint density at radius 1 is 1.50 bits per heavy atom. The van der Waals surface area contributed by atoms with Gasteiger partial charge in [0.05, 0.1) is 19.3 Å². The van der Waals surface area contributed by atoms with Crippen LogP contribution in [0, 0.1) is 0 Å². The first-order chi connectivity index (χ1) is 7.78. The molecule has 0 spiro atoms. The van der Waals surface area contributed by atoms with E-state index in [0.29, 0.717) is 19.6 Å². The Hall–Kier alpha value is -1.89. The van der Waals surface area contributed by atoms with Crippen LogP contribution in [0.4, 0.5) is 5.82 Å². The number of nitrogens with zero attached hydrogens (tertiary/aromatic N) is 5. The van der Waals surface area contributed by atoms with E-state index in [1.807, 2.05) is 25.5 Å². The summed E-state index contributed by atoms with van der Waals surface area (Å²) in [5.74, 6) is 0.830. The number of aromatic nitrogens is 5. The number of rotatable bonds is 5. The molecule has 0 radical (unpaired) electrons. The van der Waals surface area contributed by atoms with Crippen LogP contribution < -0.4 is 11.1 Å². The minimum Gasteiger partial charge on any atom is -0.363 e. The zero-order chi connectivity index (χ0) is 11.4. The van der Waals surface area contributed by atoms with Gasteiger partial charge in [0, 0.05) is 25.9 Å². The van der Waals surface area contributed by atoms with Gasteiger partial charge in [0.2, 0.25) is 0 Å². The number of nitrogens with two attached hydrogens (primary N) is 1. The lowest BCUT2D eigenvalue weighted by Gasteiger charge is -1.98. The predicted molar refractivity (Wildman–Crippen MR) is 59.6 cm³/mol. The number of hydrogen-bond acceptors (Lipinski definition) is 5. The van der Waals surface area contributed by atoms with Gasteiger partial charge in [-0.1, -0.05) is 5.21 Å². The fourth-order valence-electron chi connectivity index (χ4n) is 1.35. The second kappa shape index (κ2) is 4.75. The molecule has 0 aliphatic rings. The van der Waals surface area contributed by atoms with Crippen molar-refractivity contribution in [1.82, 2.24) is 24.8 Å². The molecular formula is C9H15N7. The molecule has 2 rings (SSSR count). The molecule has 0 aliphatic carbocycles. The van der Waals surface area contributed by atoms with E-state index in [9.17, 15) is 0 Å². The van der Waals surface area contributed by atoms with Crippen LogP contribution in [0.2, 0.25) is 0 Å². The molecule has 0 unspecified atom stereocenters. The summed E-state index contributed by atoms with van der Waals surface area (Å²) in [7, 11) is 1.88. The minimum absolute atomic E-state index is 0.566. The SMILES string of the molecule is Cn1ccc(NCc2cn(CCN)nn2)n1. The quantitative estimate of drug-likeness (QED) is 0.716. The second-order valence-electron chi connectivity index (χ2n) is 3.49. The van der Waals surface area contributed by atoms with E-state index in [0.717, 1.165) is 11.5 Å². The predicted octanol–water partition coefficient (Wildman–Crippen LogP) is -0.418. The molecule has 0 fully saturated rings. The maximum atomic E-state index is 5.42. The summed E-state index contributed by atoms with van der Waals surface area (Å²) in [5, 5.41) is 15.3. The van der Waals surface area contributed by atoms with Crippen LogP contribution in [-0.4, -0.2) is 31.3 Å². The molecule has 0 aliphatic heterocycles. The first-order valence-electron chi connectivity index (χ1n) is 5.10.